The Bertz CT molecular complexity index is 354. The summed E-state index contributed by atoms with van der Waals surface area (Å²) in [4.78, 5) is 10.4. The summed E-state index contributed by atoms with van der Waals surface area (Å²) in [5, 5.41) is 11.6. The van der Waals surface area contributed by atoms with Crippen molar-refractivity contribution in [2.45, 2.75) is 13.0 Å². The van der Waals surface area contributed by atoms with Gasteiger partial charge in [-0.1, -0.05) is 35.9 Å². The summed E-state index contributed by atoms with van der Waals surface area (Å²) in [7, 11) is 1.80. The van der Waals surface area contributed by atoms with Gasteiger partial charge in [-0.2, -0.15) is 0 Å². The number of carboxylic acid groups (broad SMARTS) is 1. The van der Waals surface area contributed by atoms with Gasteiger partial charge in [-0.25, -0.2) is 4.79 Å². The monoisotopic (exact) mass is 205 g/mol. The second-order valence-corrected chi connectivity index (χ2v) is 3.37. The van der Waals surface area contributed by atoms with E-state index in [0.29, 0.717) is 0 Å². The van der Waals surface area contributed by atoms with Crippen LogP contribution in [0.5, 0.6) is 0 Å². The number of carboxylic acids is 1. The fraction of sp³-hybridized carbons (Fsp3) is 0.250. The molecule has 0 saturated heterocycles. The van der Waals surface area contributed by atoms with Gasteiger partial charge in [0, 0.05) is 6.08 Å². The molecule has 0 aliphatic carbocycles. The van der Waals surface area contributed by atoms with E-state index in [-0.39, 0.29) is 6.04 Å². The Morgan fingerprint density at radius 3 is 2.47 bits per heavy atom. The summed E-state index contributed by atoms with van der Waals surface area (Å²) < 4.78 is 0. The molecule has 80 valence electrons. The molecule has 1 aromatic carbocycles. The molecule has 0 aliphatic rings. The Kier molecular flexibility index (Phi) is 4.06. The second kappa shape index (κ2) is 5.32. The Labute approximate surface area is 89.4 Å². The Balaban J connectivity index is 2.83. The first kappa shape index (κ1) is 11.5. The predicted octanol–water partition coefficient (Wildman–Crippen LogP) is 1.90. The van der Waals surface area contributed by atoms with Crippen molar-refractivity contribution >= 4 is 5.97 Å². The maximum atomic E-state index is 10.4. The van der Waals surface area contributed by atoms with Crippen molar-refractivity contribution in [3.8, 4) is 0 Å². The number of hydrogen-bond acceptors (Lipinski definition) is 2. The standard InChI is InChI=1S/C12H15NO2/c1-9-3-5-10(6-4-9)11(13-2)7-8-12(14)15/h3-8,11,13H,1-2H3,(H,14,15)/b8-7+. The molecule has 0 amide bonds. The summed E-state index contributed by atoms with van der Waals surface area (Å²) in [6.45, 7) is 2.02. The third kappa shape index (κ3) is 3.56. The SMILES string of the molecule is CNC(/C=C/C(=O)O)c1ccc(C)cc1. The number of likely N-dealkylation sites (N-methyl/N-ethyl adjacent to an activating group) is 1. The minimum Gasteiger partial charge on any atom is -0.478 e. The van der Waals surface area contributed by atoms with E-state index in [1.54, 1.807) is 13.1 Å². The molecule has 1 aromatic rings. The highest BCUT2D eigenvalue weighted by atomic mass is 16.4. The molecule has 1 atom stereocenters. The first-order valence-corrected chi connectivity index (χ1v) is 4.78. The molecule has 0 aliphatic heterocycles. The van der Waals surface area contributed by atoms with E-state index in [2.05, 4.69) is 5.32 Å². The highest BCUT2D eigenvalue weighted by Gasteiger charge is 2.04. The lowest BCUT2D eigenvalue weighted by Gasteiger charge is -2.11. The van der Waals surface area contributed by atoms with Crippen molar-refractivity contribution in [2.24, 2.45) is 0 Å². The van der Waals surface area contributed by atoms with Gasteiger partial charge in [0.2, 0.25) is 0 Å². The van der Waals surface area contributed by atoms with Crippen molar-refractivity contribution < 1.29 is 9.90 Å². The minimum absolute atomic E-state index is 0.0540. The molecule has 1 rings (SSSR count). The van der Waals surface area contributed by atoms with Crippen LogP contribution in [0.3, 0.4) is 0 Å². The smallest absolute Gasteiger partial charge is 0.328 e. The molecule has 0 fully saturated rings. The first-order chi connectivity index (χ1) is 7.13. The van der Waals surface area contributed by atoms with Crippen LogP contribution >= 0.6 is 0 Å². The molecule has 0 bridgehead atoms. The minimum atomic E-state index is -0.928. The van der Waals surface area contributed by atoms with Crippen LogP contribution in [0.15, 0.2) is 36.4 Å². The molecule has 0 aromatic heterocycles. The summed E-state index contributed by atoms with van der Waals surface area (Å²) in [6, 6.07) is 7.94. The van der Waals surface area contributed by atoms with E-state index in [1.165, 1.54) is 5.56 Å². The third-order valence-corrected chi connectivity index (χ3v) is 2.18. The molecule has 1 unspecified atom stereocenters. The lowest BCUT2D eigenvalue weighted by molar-refractivity contribution is -0.131. The van der Waals surface area contributed by atoms with Crippen LogP contribution < -0.4 is 5.32 Å². The van der Waals surface area contributed by atoms with Crippen LogP contribution in [0.25, 0.3) is 0 Å². The van der Waals surface area contributed by atoms with Gasteiger partial charge < -0.3 is 10.4 Å². The zero-order valence-corrected chi connectivity index (χ0v) is 8.90. The zero-order chi connectivity index (χ0) is 11.3. The summed E-state index contributed by atoms with van der Waals surface area (Å²) in [6.07, 6.45) is 2.79. The Hall–Kier alpha value is -1.61. The van der Waals surface area contributed by atoms with Gasteiger partial charge in [0.1, 0.15) is 0 Å². The van der Waals surface area contributed by atoms with Crippen LogP contribution in [0.1, 0.15) is 17.2 Å². The van der Waals surface area contributed by atoms with Gasteiger partial charge in [0.25, 0.3) is 0 Å². The van der Waals surface area contributed by atoms with E-state index in [9.17, 15) is 4.79 Å². The van der Waals surface area contributed by atoms with Gasteiger partial charge in [0.15, 0.2) is 0 Å². The van der Waals surface area contributed by atoms with E-state index >= 15 is 0 Å². The average molecular weight is 205 g/mol. The average Bonchev–Trinajstić information content (AvgIpc) is 2.21. The number of benzene rings is 1. The molecule has 0 spiro atoms. The van der Waals surface area contributed by atoms with Gasteiger partial charge >= 0.3 is 5.97 Å². The first-order valence-electron chi connectivity index (χ1n) is 4.78. The van der Waals surface area contributed by atoms with E-state index in [0.717, 1.165) is 11.6 Å². The molecule has 3 heteroatoms. The quantitative estimate of drug-likeness (QED) is 0.738. The predicted molar refractivity (Wildman–Crippen MR) is 59.8 cm³/mol. The molecule has 0 saturated carbocycles. The van der Waals surface area contributed by atoms with Crippen LogP contribution in [-0.2, 0) is 4.79 Å². The number of hydrogen-bond donors (Lipinski definition) is 2. The third-order valence-electron chi connectivity index (χ3n) is 2.18. The van der Waals surface area contributed by atoms with Gasteiger partial charge in [-0.05, 0) is 19.5 Å². The number of rotatable bonds is 4. The van der Waals surface area contributed by atoms with Crippen molar-refractivity contribution in [2.75, 3.05) is 7.05 Å². The topological polar surface area (TPSA) is 49.3 Å². The number of aliphatic carboxylic acids is 1. The van der Waals surface area contributed by atoms with Gasteiger partial charge in [-0.15, -0.1) is 0 Å². The lowest BCUT2D eigenvalue weighted by atomic mass is 10.0. The van der Waals surface area contributed by atoms with E-state index < -0.39 is 5.97 Å². The summed E-state index contributed by atoms with van der Waals surface area (Å²) in [5.74, 6) is -0.928. The number of nitrogens with one attached hydrogen (secondary N) is 1. The van der Waals surface area contributed by atoms with Crippen LogP contribution in [0.4, 0.5) is 0 Å². The molecule has 0 heterocycles. The summed E-state index contributed by atoms with van der Waals surface area (Å²) in [5.41, 5.74) is 2.25. The van der Waals surface area contributed by atoms with E-state index in [1.807, 2.05) is 31.2 Å². The highest BCUT2D eigenvalue weighted by Crippen LogP contribution is 2.14. The molecule has 2 N–H and O–H groups in total. The normalized spacial score (nSPS) is 12.9. The number of aryl methyl sites for hydroxylation is 1. The van der Waals surface area contributed by atoms with Crippen molar-refractivity contribution in [3.05, 3.63) is 47.5 Å². The van der Waals surface area contributed by atoms with Crippen molar-refractivity contribution in [1.29, 1.82) is 0 Å². The maximum Gasteiger partial charge on any atom is 0.328 e. The van der Waals surface area contributed by atoms with Crippen LogP contribution in [0.2, 0.25) is 0 Å². The fourth-order valence-corrected chi connectivity index (χ4v) is 1.33. The zero-order valence-electron chi connectivity index (χ0n) is 8.90. The summed E-state index contributed by atoms with van der Waals surface area (Å²) >= 11 is 0. The Morgan fingerprint density at radius 1 is 1.40 bits per heavy atom. The van der Waals surface area contributed by atoms with Gasteiger partial charge in [-0.3, -0.25) is 0 Å². The Morgan fingerprint density at radius 2 is 2.00 bits per heavy atom. The molecular formula is C12H15NO2. The van der Waals surface area contributed by atoms with E-state index in [4.69, 9.17) is 5.11 Å². The number of carbonyl (C=O) groups is 1. The van der Waals surface area contributed by atoms with Crippen LogP contribution in [0, 0.1) is 6.92 Å². The molecule has 0 radical (unpaired) electrons. The molecular weight excluding hydrogens is 190 g/mol. The largest absolute Gasteiger partial charge is 0.478 e. The molecule has 15 heavy (non-hydrogen) atoms. The molecule has 3 nitrogen and oxygen atoms in total. The van der Waals surface area contributed by atoms with Crippen LogP contribution in [-0.4, -0.2) is 18.1 Å². The second-order valence-electron chi connectivity index (χ2n) is 3.37. The highest BCUT2D eigenvalue weighted by molar-refractivity contribution is 5.79. The lowest BCUT2D eigenvalue weighted by Crippen LogP contribution is -2.14. The van der Waals surface area contributed by atoms with Crippen molar-refractivity contribution in [3.63, 3.8) is 0 Å². The van der Waals surface area contributed by atoms with Gasteiger partial charge in [0.05, 0.1) is 6.04 Å². The van der Waals surface area contributed by atoms with Crippen molar-refractivity contribution in [1.82, 2.24) is 5.32 Å². The maximum absolute atomic E-state index is 10.4. The fourth-order valence-electron chi connectivity index (χ4n) is 1.33.